The molecule has 0 aromatic heterocycles. The average Bonchev–Trinajstić information content (AvgIpc) is 3.26. The van der Waals surface area contributed by atoms with E-state index in [1.54, 1.807) is 48.5 Å². The number of nitrogens with one attached hydrogen (secondary N) is 2. The molecule has 0 saturated carbocycles. The Labute approximate surface area is 341 Å². The molecule has 2 heterocycles. The molecule has 0 aliphatic carbocycles. The van der Waals surface area contributed by atoms with E-state index in [1.165, 1.54) is 0 Å². The Morgan fingerprint density at radius 1 is 0.517 bits per heavy atom. The first-order valence-electron chi connectivity index (χ1n) is 19.5. The number of nitrogens with two attached hydrogens (primary N) is 2. The van der Waals surface area contributed by atoms with Crippen molar-refractivity contribution >= 4 is 17.4 Å². The van der Waals surface area contributed by atoms with Gasteiger partial charge in [-0.15, -0.1) is 0 Å². The summed E-state index contributed by atoms with van der Waals surface area (Å²) >= 11 is 0. The molecule has 2 aliphatic rings. The predicted octanol–water partition coefficient (Wildman–Crippen LogP) is 4.51. The molecule has 14 heteroatoms. The van der Waals surface area contributed by atoms with Crippen LogP contribution in [0.15, 0.2) is 97.1 Å². The highest BCUT2D eigenvalue weighted by molar-refractivity contribution is 5.95. The second-order valence-corrected chi connectivity index (χ2v) is 13.9. The molecule has 6 N–H and O–H groups in total. The van der Waals surface area contributed by atoms with Crippen molar-refractivity contribution < 1.29 is 18.9 Å². The highest BCUT2D eigenvalue weighted by atomic mass is 16.5. The van der Waals surface area contributed by atoms with E-state index in [0.717, 1.165) is 102 Å². The van der Waals surface area contributed by atoms with Crippen LogP contribution in [-0.4, -0.2) is 136 Å². The van der Waals surface area contributed by atoms with Gasteiger partial charge in [0.25, 0.3) is 0 Å². The molecule has 2 aliphatic heterocycles. The van der Waals surface area contributed by atoms with E-state index in [-0.39, 0.29) is 11.7 Å². The summed E-state index contributed by atoms with van der Waals surface area (Å²) in [5, 5.41) is 23.6. The van der Waals surface area contributed by atoms with Gasteiger partial charge in [0.1, 0.15) is 61.1 Å². The molecule has 0 bridgehead atoms. The summed E-state index contributed by atoms with van der Waals surface area (Å²) in [6.07, 6.45) is 0. The molecule has 0 spiro atoms. The minimum atomic E-state index is 0.0655. The zero-order chi connectivity index (χ0) is 41.0. The van der Waals surface area contributed by atoms with Crippen LogP contribution in [0.25, 0.3) is 4.85 Å². The number of amidine groups is 2. The maximum absolute atomic E-state index is 8.81. The average molecular weight is 787 g/mol. The number of ether oxygens (including phenoxy) is 4. The molecular formula is C44H54N10O4. The second-order valence-electron chi connectivity index (χ2n) is 13.9. The highest BCUT2D eigenvalue weighted by Crippen LogP contribution is 2.18. The third-order valence-corrected chi connectivity index (χ3v) is 9.91. The zero-order valence-electron chi connectivity index (χ0n) is 33.0. The SMILES string of the molecule is N=C(N)c1ccc(OCCN2CCN(CCOc3ccc(C(=N)N)cc3)CC2)cc1.[C-]#[N+]c1ccc(OCCN2CCN(CCOc3ccc(C#N)cc3)CC2)cc1. The van der Waals surface area contributed by atoms with Crippen molar-refractivity contribution in [3.8, 4) is 29.1 Å². The maximum Gasteiger partial charge on any atom is 0.187 e. The molecule has 304 valence electrons. The molecule has 2 fully saturated rings. The molecule has 2 saturated heterocycles. The lowest BCUT2D eigenvalue weighted by molar-refractivity contribution is 0.105. The molecule has 6 rings (SSSR count). The molecule has 0 amide bonds. The van der Waals surface area contributed by atoms with Crippen LogP contribution in [0.4, 0.5) is 5.69 Å². The fourth-order valence-corrected chi connectivity index (χ4v) is 6.35. The normalized spacial score (nSPS) is 14.9. The third-order valence-electron chi connectivity index (χ3n) is 9.91. The Hall–Kier alpha value is -6.16. The van der Waals surface area contributed by atoms with Gasteiger partial charge in [-0.3, -0.25) is 30.4 Å². The van der Waals surface area contributed by atoms with Gasteiger partial charge in [0, 0.05) is 89.7 Å². The lowest BCUT2D eigenvalue weighted by Crippen LogP contribution is -2.48. The summed E-state index contributed by atoms with van der Waals surface area (Å²) in [6.45, 7) is 21.3. The Balaban J connectivity index is 0.000000221. The van der Waals surface area contributed by atoms with Crippen molar-refractivity contribution in [2.45, 2.75) is 0 Å². The Bertz CT molecular complexity index is 1790. The fraction of sp³-hybridized carbons (Fsp3) is 0.364. The van der Waals surface area contributed by atoms with Crippen LogP contribution < -0.4 is 30.4 Å². The molecule has 4 aromatic carbocycles. The Morgan fingerprint density at radius 3 is 1.05 bits per heavy atom. The van der Waals surface area contributed by atoms with Crippen molar-refractivity contribution in [2.24, 2.45) is 11.5 Å². The number of benzene rings is 4. The molecular weight excluding hydrogens is 733 g/mol. The lowest BCUT2D eigenvalue weighted by atomic mass is 10.2. The van der Waals surface area contributed by atoms with Gasteiger partial charge in [-0.25, -0.2) is 4.85 Å². The van der Waals surface area contributed by atoms with Crippen LogP contribution in [0, 0.1) is 28.7 Å². The summed E-state index contributed by atoms with van der Waals surface area (Å²) in [4.78, 5) is 13.0. The number of rotatable bonds is 18. The van der Waals surface area contributed by atoms with Gasteiger partial charge in [-0.2, -0.15) is 5.26 Å². The van der Waals surface area contributed by atoms with Crippen LogP contribution in [0.1, 0.15) is 16.7 Å². The number of hydrogen-bond acceptors (Lipinski definition) is 11. The molecule has 14 nitrogen and oxygen atoms in total. The molecule has 0 atom stereocenters. The third kappa shape index (κ3) is 14.7. The number of nitriles is 1. The number of piperazine rings is 2. The smallest absolute Gasteiger partial charge is 0.187 e. The van der Waals surface area contributed by atoms with E-state index in [0.29, 0.717) is 48.8 Å². The molecule has 4 aromatic rings. The minimum Gasteiger partial charge on any atom is -0.492 e. The van der Waals surface area contributed by atoms with Crippen LogP contribution in [-0.2, 0) is 0 Å². The maximum atomic E-state index is 8.81. The van der Waals surface area contributed by atoms with Crippen LogP contribution in [0.5, 0.6) is 23.0 Å². The first-order valence-corrected chi connectivity index (χ1v) is 19.5. The predicted molar refractivity (Wildman–Crippen MR) is 227 cm³/mol. The standard InChI is InChI=1S/C22H30N6O2.C22H24N4O2/c23-21(24)17-1-5-19(6-2-17)29-15-13-27-9-11-28(12-10-27)14-16-30-20-7-3-18(4-8-20)22(25)26;1-24-20-4-8-22(9-5-20)28-17-15-26-12-10-25(11-13-26)14-16-27-21-6-2-19(18-23)3-7-21/h1-8H,9-16H2,(H3,23,24)(H3,25,26);2-9H,10-17H2. The number of hydrogen-bond donors (Lipinski definition) is 4. The van der Waals surface area contributed by atoms with Crippen LogP contribution in [0.3, 0.4) is 0 Å². The molecule has 0 unspecified atom stereocenters. The van der Waals surface area contributed by atoms with Crippen molar-refractivity contribution in [1.29, 1.82) is 16.1 Å². The summed E-state index contributed by atoms with van der Waals surface area (Å²) in [5.74, 6) is 3.34. The summed E-state index contributed by atoms with van der Waals surface area (Å²) in [6, 6.07) is 31.2. The second kappa shape index (κ2) is 23.2. The van der Waals surface area contributed by atoms with Crippen molar-refractivity contribution in [3.63, 3.8) is 0 Å². The van der Waals surface area contributed by atoms with Crippen molar-refractivity contribution in [2.75, 3.05) is 105 Å². The number of nitrogens with zero attached hydrogens (tertiary/aromatic N) is 6. The van der Waals surface area contributed by atoms with Gasteiger partial charge in [-0.1, -0.05) is 12.1 Å². The van der Waals surface area contributed by atoms with Crippen molar-refractivity contribution in [3.05, 3.63) is 125 Å². The van der Waals surface area contributed by atoms with E-state index in [1.807, 2.05) is 48.5 Å². The van der Waals surface area contributed by atoms with Gasteiger partial charge in [0.2, 0.25) is 0 Å². The van der Waals surface area contributed by atoms with Gasteiger partial charge in [0.05, 0.1) is 18.2 Å². The molecule has 0 radical (unpaired) electrons. The molecule has 58 heavy (non-hydrogen) atoms. The van der Waals surface area contributed by atoms with Gasteiger partial charge in [0.15, 0.2) is 5.69 Å². The first-order chi connectivity index (χ1) is 28.3. The van der Waals surface area contributed by atoms with Gasteiger partial charge < -0.3 is 30.4 Å². The monoisotopic (exact) mass is 786 g/mol. The summed E-state index contributed by atoms with van der Waals surface area (Å²) in [5.41, 5.74) is 13.6. The van der Waals surface area contributed by atoms with E-state index in [2.05, 4.69) is 30.5 Å². The Kier molecular flexibility index (Phi) is 17.2. The topological polar surface area (TPSA) is 178 Å². The van der Waals surface area contributed by atoms with E-state index in [4.69, 9.17) is 53.1 Å². The fourth-order valence-electron chi connectivity index (χ4n) is 6.35. The minimum absolute atomic E-state index is 0.0655. The van der Waals surface area contributed by atoms with Crippen LogP contribution >= 0.6 is 0 Å². The van der Waals surface area contributed by atoms with E-state index in [9.17, 15) is 0 Å². The van der Waals surface area contributed by atoms with Gasteiger partial charge >= 0.3 is 0 Å². The first kappa shape index (κ1) is 43.0. The van der Waals surface area contributed by atoms with Crippen LogP contribution in [0.2, 0.25) is 0 Å². The zero-order valence-corrected chi connectivity index (χ0v) is 33.0. The van der Waals surface area contributed by atoms with E-state index < -0.39 is 0 Å². The quantitative estimate of drug-likeness (QED) is 0.0634. The summed E-state index contributed by atoms with van der Waals surface area (Å²) < 4.78 is 23.1. The largest absolute Gasteiger partial charge is 0.492 e. The lowest BCUT2D eigenvalue weighted by Gasteiger charge is -2.34. The highest BCUT2D eigenvalue weighted by Gasteiger charge is 2.18. The van der Waals surface area contributed by atoms with Crippen molar-refractivity contribution in [1.82, 2.24) is 19.6 Å². The summed E-state index contributed by atoms with van der Waals surface area (Å²) in [7, 11) is 0. The van der Waals surface area contributed by atoms with E-state index >= 15 is 0 Å². The van der Waals surface area contributed by atoms with Gasteiger partial charge in [-0.05, 0) is 84.9 Å². The Morgan fingerprint density at radius 2 is 0.793 bits per heavy atom. The number of nitrogen functional groups attached to an aromatic ring is 2.